The molecule has 1 aromatic rings. The topological polar surface area (TPSA) is 17.1 Å². The van der Waals surface area contributed by atoms with Crippen LogP contribution in [0, 0.1) is 0 Å². The summed E-state index contributed by atoms with van der Waals surface area (Å²) >= 11 is 6.04. The third-order valence-corrected chi connectivity index (χ3v) is 4.45. The molecule has 0 saturated carbocycles. The van der Waals surface area contributed by atoms with Crippen molar-refractivity contribution in [3.63, 3.8) is 0 Å². The van der Waals surface area contributed by atoms with Gasteiger partial charge in [-0.05, 0) is 30.8 Å². The van der Waals surface area contributed by atoms with E-state index in [4.69, 9.17) is 0 Å². The monoisotopic (exact) mass is 390 g/mol. The van der Waals surface area contributed by atoms with E-state index < -0.39 is 10.3 Å². The smallest absolute Gasteiger partial charge is 0.298 e. The average Bonchev–Trinajstić information content (AvgIpc) is 2.14. The first kappa shape index (κ1) is 15.0. The molecule has 1 rings (SSSR count). The minimum absolute atomic E-state index is 0.0175. The highest BCUT2D eigenvalue weighted by Gasteiger charge is 2.32. The third-order valence-electron chi connectivity index (χ3n) is 1.85. The van der Waals surface area contributed by atoms with E-state index in [9.17, 15) is 18.0 Å². The molecule has 1 unspecified atom stereocenters. The van der Waals surface area contributed by atoms with Gasteiger partial charge < -0.3 is 0 Å². The van der Waals surface area contributed by atoms with Gasteiger partial charge in [-0.2, -0.15) is 13.2 Å². The third kappa shape index (κ3) is 4.30. The summed E-state index contributed by atoms with van der Waals surface area (Å²) in [5.41, 5.74) is -4.07. The molecule has 0 heterocycles. The number of carbonyl (C=O) groups excluding carboxylic acids is 1. The maximum Gasteiger partial charge on any atom is 0.446 e. The molecule has 0 bridgehead atoms. The fourth-order valence-corrected chi connectivity index (χ4v) is 3.59. The zero-order chi connectivity index (χ0) is 13.2. The van der Waals surface area contributed by atoms with Crippen molar-refractivity contribution in [2.75, 3.05) is 0 Å². The molecule has 0 N–H and O–H groups in total. The highest BCUT2D eigenvalue weighted by atomic mass is 79.9. The molecule has 0 spiro atoms. The van der Waals surface area contributed by atoms with Crippen molar-refractivity contribution >= 4 is 49.4 Å². The maximum atomic E-state index is 12.4. The van der Waals surface area contributed by atoms with Gasteiger partial charge in [0.15, 0.2) is 0 Å². The summed E-state index contributed by atoms with van der Waals surface area (Å²) in [6.07, 6.45) is 0. The van der Waals surface area contributed by atoms with Crippen molar-refractivity contribution in [1.82, 2.24) is 0 Å². The number of benzene rings is 1. The first-order valence-corrected chi connectivity index (χ1v) is 6.93. The van der Waals surface area contributed by atoms with Gasteiger partial charge in [0, 0.05) is 14.9 Å². The second kappa shape index (κ2) is 5.75. The summed E-state index contributed by atoms with van der Waals surface area (Å²) in [6.45, 7) is 1.32. The van der Waals surface area contributed by atoms with Crippen molar-refractivity contribution in [3.05, 3.63) is 28.2 Å². The van der Waals surface area contributed by atoms with Gasteiger partial charge in [0.1, 0.15) is 5.78 Å². The molecule has 0 aromatic heterocycles. The van der Waals surface area contributed by atoms with Crippen molar-refractivity contribution in [2.45, 2.75) is 22.2 Å². The molecule has 0 fully saturated rings. The fourth-order valence-electron chi connectivity index (χ4n) is 1.18. The zero-order valence-corrected chi connectivity index (χ0v) is 12.5. The first-order chi connectivity index (χ1) is 7.72. The summed E-state index contributed by atoms with van der Waals surface area (Å²) in [6, 6.07) is 4.45. The molecule has 7 heteroatoms. The van der Waals surface area contributed by atoms with Crippen LogP contribution in [-0.4, -0.2) is 11.3 Å². The second-order valence-corrected chi connectivity index (χ2v) is 6.05. The number of halogens is 5. The number of hydrogen-bond donors (Lipinski definition) is 0. The molecule has 1 aromatic carbocycles. The minimum Gasteiger partial charge on any atom is -0.298 e. The second-order valence-electron chi connectivity index (χ2n) is 3.17. The van der Waals surface area contributed by atoms with E-state index in [1.165, 1.54) is 19.1 Å². The normalized spacial score (nSPS) is 13.5. The minimum atomic E-state index is -4.38. The lowest BCUT2D eigenvalue weighted by Gasteiger charge is -2.15. The SMILES string of the molecule is CC(=O)C(Br)c1c(Br)cccc1SC(F)(F)F. The molecule has 94 valence electrons. The number of hydrogen-bond acceptors (Lipinski definition) is 2. The number of alkyl halides is 4. The molecule has 17 heavy (non-hydrogen) atoms. The van der Waals surface area contributed by atoms with Crippen LogP contribution in [0.5, 0.6) is 0 Å². The predicted octanol–water partition coefficient (Wildman–Crippen LogP) is 5.09. The van der Waals surface area contributed by atoms with Crippen LogP contribution in [0.2, 0.25) is 0 Å². The van der Waals surface area contributed by atoms with Gasteiger partial charge in [0.2, 0.25) is 0 Å². The Kier molecular flexibility index (Phi) is 5.09. The Labute approximate surface area is 117 Å². The van der Waals surface area contributed by atoms with Gasteiger partial charge in [0.05, 0.1) is 4.83 Å². The predicted molar refractivity (Wildman–Crippen MR) is 68.4 cm³/mol. The van der Waals surface area contributed by atoms with E-state index in [1.807, 2.05) is 0 Å². The van der Waals surface area contributed by atoms with Gasteiger partial charge in [-0.3, -0.25) is 4.79 Å². The lowest BCUT2D eigenvalue weighted by molar-refractivity contribution is -0.116. The van der Waals surface area contributed by atoms with Crippen LogP contribution in [0.15, 0.2) is 27.6 Å². The van der Waals surface area contributed by atoms with Gasteiger partial charge >= 0.3 is 5.51 Å². The molecule has 0 saturated heterocycles. The quantitative estimate of drug-likeness (QED) is 0.527. The largest absolute Gasteiger partial charge is 0.446 e. The van der Waals surface area contributed by atoms with E-state index >= 15 is 0 Å². The molecule has 0 aliphatic carbocycles. The molecule has 1 nitrogen and oxygen atoms in total. The highest BCUT2D eigenvalue weighted by Crippen LogP contribution is 2.44. The molecule has 0 amide bonds. The Morgan fingerprint density at radius 3 is 2.47 bits per heavy atom. The molecular weight excluding hydrogens is 385 g/mol. The molecule has 0 aliphatic rings. The number of carbonyl (C=O) groups is 1. The maximum absolute atomic E-state index is 12.4. The van der Waals surface area contributed by atoms with Crippen LogP contribution in [-0.2, 0) is 4.79 Å². The van der Waals surface area contributed by atoms with Crippen LogP contribution >= 0.6 is 43.6 Å². The Bertz CT molecular complexity index is 434. The van der Waals surface area contributed by atoms with Crippen LogP contribution in [0.3, 0.4) is 0 Å². The van der Waals surface area contributed by atoms with E-state index in [-0.39, 0.29) is 22.4 Å². The first-order valence-electron chi connectivity index (χ1n) is 4.41. The Balaban J connectivity index is 3.22. The van der Waals surface area contributed by atoms with Gasteiger partial charge in [-0.25, -0.2) is 0 Å². The van der Waals surface area contributed by atoms with E-state index in [0.717, 1.165) is 0 Å². The number of thioether (sulfide) groups is 1. The summed E-state index contributed by atoms with van der Waals surface area (Å²) in [4.78, 5) is 10.5. The van der Waals surface area contributed by atoms with Crippen LogP contribution in [0.4, 0.5) is 13.2 Å². The highest BCUT2D eigenvalue weighted by molar-refractivity contribution is 9.11. The Hall–Kier alpha value is -0.0100. The van der Waals surface area contributed by atoms with E-state index in [0.29, 0.717) is 10.0 Å². The Morgan fingerprint density at radius 2 is 2.00 bits per heavy atom. The summed E-state index contributed by atoms with van der Waals surface area (Å²) < 4.78 is 37.6. The molecular formula is C10H7Br2F3OS. The molecule has 0 radical (unpaired) electrons. The summed E-state index contributed by atoms with van der Waals surface area (Å²) in [7, 11) is 0. The van der Waals surface area contributed by atoms with Crippen molar-refractivity contribution in [1.29, 1.82) is 0 Å². The molecule has 1 atom stereocenters. The Morgan fingerprint density at radius 1 is 1.41 bits per heavy atom. The van der Waals surface area contributed by atoms with Crippen LogP contribution in [0.1, 0.15) is 17.3 Å². The van der Waals surface area contributed by atoms with Gasteiger partial charge in [-0.15, -0.1) is 0 Å². The number of ketones is 1. The van der Waals surface area contributed by atoms with E-state index in [1.54, 1.807) is 6.07 Å². The molecule has 0 aliphatic heterocycles. The fraction of sp³-hybridized carbons (Fsp3) is 0.300. The number of rotatable bonds is 3. The number of Topliss-reactive ketones (excluding diaryl/α,β-unsaturated/α-hetero) is 1. The standard InChI is InChI=1S/C10H7Br2F3OS/c1-5(16)9(12)8-6(11)3-2-4-7(8)17-10(13,14)15/h2-4,9H,1H3. The van der Waals surface area contributed by atoms with Gasteiger partial charge in [-0.1, -0.05) is 37.9 Å². The lowest BCUT2D eigenvalue weighted by atomic mass is 10.1. The average molecular weight is 392 g/mol. The van der Waals surface area contributed by atoms with Crippen LogP contribution < -0.4 is 0 Å². The van der Waals surface area contributed by atoms with Crippen molar-refractivity contribution in [2.24, 2.45) is 0 Å². The summed E-state index contributed by atoms with van der Waals surface area (Å²) in [5.74, 6) is -0.249. The van der Waals surface area contributed by atoms with Crippen molar-refractivity contribution < 1.29 is 18.0 Å². The van der Waals surface area contributed by atoms with E-state index in [2.05, 4.69) is 31.9 Å². The van der Waals surface area contributed by atoms with Gasteiger partial charge in [0.25, 0.3) is 0 Å². The van der Waals surface area contributed by atoms with Crippen molar-refractivity contribution in [3.8, 4) is 0 Å². The summed E-state index contributed by atoms with van der Waals surface area (Å²) in [5, 5.41) is 0. The van der Waals surface area contributed by atoms with Crippen LogP contribution in [0.25, 0.3) is 0 Å². The lowest BCUT2D eigenvalue weighted by Crippen LogP contribution is -2.06. The zero-order valence-electron chi connectivity index (χ0n) is 8.52.